The predicted octanol–water partition coefficient (Wildman–Crippen LogP) is 4.27. The van der Waals surface area contributed by atoms with Crippen LogP contribution < -0.4 is 0 Å². The first-order valence-electron chi connectivity index (χ1n) is 7.41. The van der Waals surface area contributed by atoms with Gasteiger partial charge in [-0.2, -0.15) is 0 Å². The molecule has 0 saturated heterocycles. The van der Waals surface area contributed by atoms with Crippen molar-refractivity contribution in [1.29, 1.82) is 0 Å². The van der Waals surface area contributed by atoms with Gasteiger partial charge in [-0.25, -0.2) is 0 Å². The first-order valence-corrected chi connectivity index (χ1v) is 10.2. The molecule has 2 nitrogen and oxygen atoms in total. The molecule has 0 fully saturated rings. The second-order valence-electron chi connectivity index (χ2n) is 7.88. The van der Waals surface area contributed by atoms with Gasteiger partial charge in [0.15, 0.2) is 15.3 Å². The minimum absolute atomic E-state index is 0.0605. The van der Waals surface area contributed by atoms with E-state index in [2.05, 4.69) is 72.8 Å². The summed E-state index contributed by atoms with van der Waals surface area (Å²) in [4.78, 5) is 0. The molecule has 1 aromatic carbocycles. The number of aliphatic hydroxyl groups is 1. The molecular formula is C17H30O2Si. The van der Waals surface area contributed by atoms with Gasteiger partial charge in [-0.3, -0.25) is 0 Å². The zero-order valence-electron chi connectivity index (χ0n) is 14.2. The van der Waals surface area contributed by atoms with Crippen LogP contribution >= 0.6 is 0 Å². The number of hydrogen-bond donors (Lipinski definition) is 1. The van der Waals surface area contributed by atoms with Crippen molar-refractivity contribution in [3.05, 3.63) is 34.9 Å². The van der Waals surface area contributed by atoms with Gasteiger partial charge in [0.25, 0.3) is 0 Å². The largest absolute Gasteiger partial charge is 0.393 e. The van der Waals surface area contributed by atoms with E-state index in [1.165, 1.54) is 11.1 Å². The summed E-state index contributed by atoms with van der Waals surface area (Å²) in [7, 11) is -1.26. The van der Waals surface area contributed by atoms with Crippen LogP contribution in [0.5, 0.6) is 0 Å². The van der Waals surface area contributed by atoms with E-state index < -0.39 is 15.3 Å². The van der Waals surface area contributed by atoms with Crippen LogP contribution in [0.25, 0.3) is 0 Å². The van der Waals surface area contributed by atoms with Crippen LogP contribution in [0.2, 0.25) is 13.1 Å². The molecule has 0 saturated carbocycles. The Kier molecular flexibility index (Phi) is 5.22. The van der Waals surface area contributed by atoms with Crippen molar-refractivity contribution in [2.24, 2.45) is 0 Å². The molecule has 1 N–H and O–H groups in total. The predicted molar refractivity (Wildman–Crippen MR) is 88.8 cm³/mol. The highest BCUT2D eigenvalue weighted by Crippen LogP contribution is 2.32. The van der Waals surface area contributed by atoms with Crippen LogP contribution in [-0.4, -0.2) is 14.1 Å². The third kappa shape index (κ3) is 4.72. The van der Waals surface area contributed by atoms with Gasteiger partial charge < -0.3 is 9.53 Å². The van der Waals surface area contributed by atoms with E-state index in [1.54, 1.807) is 0 Å². The highest BCUT2D eigenvalue weighted by molar-refractivity contribution is 6.48. The molecule has 0 aliphatic heterocycles. The maximum absolute atomic E-state index is 10.3. The lowest BCUT2D eigenvalue weighted by Gasteiger charge is -2.27. The summed E-state index contributed by atoms with van der Waals surface area (Å²) in [5, 5.41) is 10.3. The van der Waals surface area contributed by atoms with Crippen LogP contribution in [0.15, 0.2) is 18.2 Å². The summed E-state index contributed by atoms with van der Waals surface area (Å²) in [5.41, 5.74) is 3.49. The summed E-state index contributed by atoms with van der Waals surface area (Å²) in [6.45, 7) is 17.3. The SMILES string of the molecule is C[SiH](C)OC(O)c1cc(C(C)(C)C)cc(C(C)(C)C)c1. The fraction of sp³-hybridized carbons (Fsp3) is 0.647. The Morgan fingerprint density at radius 1 is 0.900 bits per heavy atom. The Bertz CT molecular complexity index is 421. The fourth-order valence-electron chi connectivity index (χ4n) is 2.00. The van der Waals surface area contributed by atoms with E-state index in [0.717, 1.165) is 5.56 Å². The first kappa shape index (κ1) is 17.4. The summed E-state index contributed by atoms with van der Waals surface area (Å²) in [5.74, 6) is 0. The summed E-state index contributed by atoms with van der Waals surface area (Å²) < 4.78 is 5.67. The van der Waals surface area contributed by atoms with E-state index >= 15 is 0 Å². The molecule has 0 bridgehead atoms. The van der Waals surface area contributed by atoms with Crippen molar-refractivity contribution in [2.45, 2.75) is 71.8 Å². The van der Waals surface area contributed by atoms with Crippen LogP contribution in [0.3, 0.4) is 0 Å². The lowest BCUT2D eigenvalue weighted by atomic mass is 9.79. The van der Waals surface area contributed by atoms with Gasteiger partial charge in [0, 0.05) is 5.56 Å². The molecule has 0 aliphatic rings. The molecule has 0 radical (unpaired) electrons. The van der Waals surface area contributed by atoms with Crippen LogP contribution in [0, 0.1) is 0 Å². The summed E-state index contributed by atoms with van der Waals surface area (Å²) in [6, 6.07) is 6.41. The maximum Gasteiger partial charge on any atom is 0.174 e. The van der Waals surface area contributed by atoms with Crippen molar-refractivity contribution in [3.63, 3.8) is 0 Å². The van der Waals surface area contributed by atoms with E-state index in [0.29, 0.717) is 0 Å². The molecular weight excluding hydrogens is 264 g/mol. The number of hydrogen-bond acceptors (Lipinski definition) is 2. The van der Waals surface area contributed by atoms with Gasteiger partial charge in [0.2, 0.25) is 0 Å². The van der Waals surface area contributed by atoms with Gasteiger partial charge in [0.1, 0.15) is 0 Å². The molecule has 114 valence electrons. The standard InChI is InChI=1S/C17H30O2Si/c1-16(2,3)13-9-12(15(18)19-20(7)8)10-14(11-13)17(4,5)6/h9-11,15,18,20H,1-8H3. The molecule has 1 unspecified atom stereocenters. The number of aliphatic hydroxyl groups excluding tert-OH is 1. The van der Waals surface area contributed by atoms with Crippen LogP contribution in [0.1, 0.15) is 64.5 Å². The first-order chi connectivity index (χ1) is 8.91. The van der Waals surface area contributed by atoms with Gasteiger partial charge in [-0.1, -0.05) is 59.7 Å². The monoisotopic (exact) mass is 294 g/mol. The Hall–Kier alpha value is -0.643. The molecule has 3 heteroatoms. The smallest absolute Gasteiger partial charge is 0.174 e. The second kappa shape index (κ2) is 6.00. The highest BCUT2D eigenvalue weighted by atomic mass is 28.3. The number of benzene rings is 1. The Balaban J connectivity index is 3.31. The normalized spacial score (nSPS) is 14.7. The van der Waals surface area contributed by atoms with Crippen molar-refractivity contribution >= 4 is 9.04 Å². The van der Waals surface area contributed by atoms with Crippen molar-refractivity contribution < 1.29 is 9.53 Å². The zero-order valence-corrected chi connectivity index (χ0v) is 15.4. The summed E-state index contributed by atoms with van der Waals surface area (Å²) in [6.07, 6.45) is -0.801. The molecule has 1 aromatic rings. The van der Waals surface area contributed by atoms with E-state index in [1.807, 2.05) is 0 Å². The molecule has 0 aliphatic carbocycles. The molecule has 0 spiro atoms. The van der Waals surface area contributed by atoms with Crippen molar-refractivity contribution in [3.8, 4) is 0 Å². The quantitative estimate of drug-likeness (QED) is 0.666. The van der Waals surface area contributed by atoms with Crippen LogP contribution in [0.4, 0.5) is 0 Å². The van der Waals surface area contributed by atoms with Gasteiger partial charge in [-0.05, 0) is 35.1 Å². The second-order valence-corrected chi connectivity index (χ2v) is 10.3. The van der Waals surface area contributed by atoms with E-state index in [9.17, 15) is 5.11 Å². The molecule has 1 rings (SSSR count). The van der Waals surface area contributed by atoms with Gasteiger partial charge in [0.05, 0.1) is 0 Å². The Morgan fingerprint density at radius 3 is 1.60 bits per heavy atom. The lowest BCUT2D eigenvalue weighted by Crippen LogP contribution is -2.19. The molecule has 20 heavy (non-hydrogen) atoms. The third-order valence-electron chi connectivity index (χ3n) is 3.37. The lowest BCUT2D eigenvalue weighted by molar-refractivity contribution is -0.0213. The highest BCUT2D eigenvalue weighted by Gasteiger charge is 2.22. The maximum atomic E-state index is 10.3. The topological polar surface area (TPSA) is 29.5 Å². The van der Waals surface area contributed by atoms with Gasteiger partial charge >= 0.3 is 0 Å². The minimum Gasteiger partial charge on any atom is -0.393 e. The average molecular weight is 295 g/mol. The third-order valence-corrected chi connectivity index (χ3v) is 4.18. The average Bonchev–Trinajstić information content (AvgIpc) is 2.25. The zero-order chi connectivity index (χ0) is 15.7. The number of rotatable bonds is 3. The Labute approximate surface area is 125 Å². The van der Waals surface area contributed by atoms with Crippen molar-refractivity contribution in [2.75, 3.05) is 0 Å². The van der Waals surface area contributed by atoms with Crippen molar-refractivity contribution in [1.82, 2.24) is 0 Å². The van der Waals surface area contributed by atoms with E-state index in [4.69, 9.17) is 4.43 Å². The molecule has 1 atom stereocenters. The van der Waals surface area contributed by atoms with Gasteiger partial charge in [-0.15, -0.1) is 0 Å². The molecule has 0 heterocycles. The minimum atomic E-state index is -1.26. The summed E-state index contributed by atoms with van der Waals surface area (Å²) >= 11 is 0. The van der Waals surface area contributed by atoms with Crippen LogP contribution in [-0.2, 0) is 15.3 Å². The fourth-order valence-corrected chi connectivity index (χ4v) is 2.67. The Morgan fingerprint density at radius 2 is 1.30 bits per heavy atom. The van der Waals surface area contributed by atoms with E-state index in [-0.39, 0.29) is 10.8 Å². The molecule has 0 amide bonds. The molecule has 0 aromatic heterocycles.